The molecule has 1 heterocycles. The number of aryl methyl sites for hydroxylation is 1. The topological polar surface area (TPSA) is 45.8 Å². The average Bonchev–Trinajstić information content (AvgIpc) is 2.57. The van der Waals surface area contributed by atoms with E-state index < -0.39 is 0 Å². The number of hydrogen-bond acceptors (Lipinski definition) is 2. The number of rotatable bonds is 1. The van der Waals surface area contributed by atoms with Crippen LogP contribution in [0.2, 0.25) is 0 Å². The summed E-state index contributed by atoms with van der Waals surface area (Å²) >= 11 is 0. The maximum atomic E-state index is 10.8. The van der Waals surface area contributed by atoms with Gasteiger partial charge in [0.1, 0.15) is 5.69 Å². The van der Waals surface area contributed by atoms with E-state index in [2.05, 4.69) is 31.0 Å². The number of aromatic amines is 1. The Balaban J connectivity index is 2.28. The molecule has 1 aliphatic rings. The number of carbonyl (C=O) groups is 1. The number of hydrogen-bond donors (Lipinski definition) is 1. The number of nitrogens with zero attached hydrogens (tertiary/aromatic N) is 1. The number of nitrogens with one attached hydrogen (secondary N) is 1. The molecule has 0 saturated heterocycles. The van der Waals surface area contributed by atoms with E-state index in [1.54, 1.807) is 0 Å². The highest BCUT2D eigenvalue weighted by atomic mass is 16.1. The molecule has 2 rings (SSSR count). The number of carbonyl (C=O) groups excluding carboxylic acids is 1. The molecule has 1 aliphatic carbocycles. The Morgan fingerprint density at radius 3 is 2.80 bits per heavy atom. The Morgan fingerprint density at radius 1 is 1.47 bits per heavy atom. The van der Waals surface area contributed by atoms with Crippen molar-refractivity contribution in [2.24, 2.45) is 11.3 Å². The lowest BCUT2D eigenvalue weighted by molar-refractivity contribution is 0.111. The van der Waals surface area contributed by atoms with Crippen molar-refractivity contribution < 1.29 is 4.79 Å². The molecule has 0 aliphatic heterocycles. The minimum absolute atomic E-state index is 0.315. The van der Waals surface area contributed by atoms with Crippen LogP contribution in [-0.2, 0) is 12.8 Å². The van der Waals surface area contributed by atoms with Crippen LogP contribution in [0.1, 0.15) is 48.9 Å². The molecule has 1 N–H and O–H groups in total. The Morgan fingerprint density at radius 2 is 2.20 bits per heavy atom. The molecule has 0 fully saturated rings. The van der Waals surface area contributed by atoms with Crippen molar-refractivity contribution in [2.75, 3.05) is 0 Å². The molecule has 1 atom stereocenters. The molecular weight excluding hydrogens is 188 g/mol. The van der Waals surface area contributed by atoms with Gasteiger partial charge in [0.25, 0.3) is 0 Å². The predicted octanol–water partition coefficient (Wildman–Crippen LogP) is 2.37. The van der Waals surface area contributed by atoms with Gasteiger partial charge in [-0.25, -0.2) is 0 Å². The number of H-pyrrole nitrogens is 1. The summed E-state index contributed by atoms with van der Waals surface area (Å²) in [6, 6.07) is 0. The molecule has 1 aromatic heterocycles. The maximum absolute atomic E-state index is 10.8. The molecule has 15 heavy (non-hydrogen) atoms. The first-order valence-electron chi connectivity index (χ1n) is 5.53. The highest BCUT2D eigenvalue weighted by Crippen LogP contribution is 2.37. The summed E-state index contributed by atoms with van der Waals surface area (Å²) in [5, 5.41) is 7.01. The fourth-order valence-corrected chi connectivity index (χ4v) is 2.36. The van der Waals surface area contributed by atoms with Gasteiger partial charge in [0.15, 0.2) is 6.29 Å². The Kier molecular flexibility index (Phi) is 2.41. The zero-order valence-electron chi connectivity index (χ0n) is 9.63. The molecule has 0 amide bonds. The summed E-state index contributed by atoms with van der Waals surface area (Å²) in [6.45, 7) is 6.80. The minimum Gasteiger partial charge on any atom is -0.296 e. The molecule has 0 unspecified atom stereocenters. The lowest BCUT2D eigenvalue weighted by Gasteiger charge is -2.33. The van der Waals surface area contributed by atoms with Gasteiger partial charge in [-0.15, -0.1) is 0 Å². The quantitative estimate of drug-likeness (QED) is 0.717. The first-order chi connectivity index (χ1) is 7.02. The zero-order chi connectivity index (χ0) is 11.1. The first-order valence-corrected chi connectivity index (χ1v) is 5.53. The number of aromatic nitrogens is 2. The van der Waals surface area contributed by atoms with Gasteiger partial charge < -0.3 is 0 Å². The van der Waals surface area contributed by atoms with E-state index in [-0.39, 0.29) is 0 Å². The molecule has 0 radical (unpaired) electrons. The highest BCUT2D eigenvalue weighted by Gasteiger charge is 2.30. The van der Waals surface area contributed by atoms with Crippen LogP contribution in [-0.4, -0.2) is 16.5 Å². The van der Waals surface area contributed by atoms with Gasteiger partial charge in [-0.2, -0.15) is 5.10 Å². The summed E-state index contributed by atoms with van der Waals surface area (Å²) in [7, 11) is 0. The van der Waals surface area contributed by atoms with E-state index in [9.17, 15) is 4.79 Å². The largest absolute Gasteiger partial charge is 0.296 e. The van der Waals surface area contributed by atoms with E-state index in [1.165, 1.54) is 6.42 Å². The first kappa shape index (κ1) is 10.4. The summed E-state index contributed by atoms with van der Waals surface area (Å²) < 4.78 is 0. The van der Waals surface area contributed by atoms with Gasteiger partial charge in [0, 0.05) is 11.3 Å². The molecule has 82 valence electrons. The van der Waals surface area contributed by atoms with Crippen LogP contribution >= 0.6 is 0 Å². The third-order valence-corrected chi connectivity index (χ3v) is 3.51. The van der Waals surface area contributed by atoms with Gasteiger partial charge in [-0.1, -0.05) is 20.8 Å². The predicted molar refractivity (Wildman–Crippen MR) is 58.9 cm³/mol. The third-order valence-electron chi connectivity index (χ3n) is 3.51. The third kappa shape index (κ3) is 1.83. The SMILES string of the molecule is CC(C)(C)[C@@H]1CCc2[nH]nc(C=O)c2C1. The second-order valence-electron chi connectivity index (χ2n) is 5.49. The van der Waals surface area contributed by atoms with Gasteiger partial charge in [0.2, 0.25) is 0 Å². The molecule has 0 spiro atoms. The molecule has 0 saturated carbocycles. The van der Waals surface area contributed by atoms with E-state index in [0.717, 1.165) is 30.4 Å². The van der Waals surface area contributed by atoms with E-state index in [0.29, 0.717) is 17.0 Å². The Labute approximate surface area is 90.3 Å². The van der Waals surface area contributed by atoms with E-state index in [4.69, 9.17) is 0 Å². The summed E-state index contributed by atoms with van der Waals surface area (Å²) in [4.78, 5) is 10.8. The monoisotopic (exact) mass is 206 g/mol. The normalized spacial score (nSPS) is 21.1. The molecule has 0 bridgehead atoms. The van der Waals surface area contributed by atoms with Crippen molar-refractivity contribution in [2.45, 2.75) is 40.0 Å². The van der Waals surface area contributed by atoms with E-state index in [1.807, 2.05) is 0 Å². The second kappa shape index (κ2) is 3.47. The maximum Gasteiger partial charge on any atom is 0.170 e. The zero-order valence-corrected chi connectivity index (χ0v) is 9.63. The summed E-state index contributed by atoms with van der Waals surface area (Å²) in [5.41, 5.74) is 3.24. The number of fused-ring (bicyclic) bond motifs is 1. The van der Waals surface area contributed by atoms with Crippen LogP contribution in [0.5, 0.6) is 0 Å². The number of aldehydes is 1. The fraction of sp³-hybridized carbons (Fsp3) is 0.667. The van der Waals surface area contributed by atoms with Gasteiger partial charge in [-0.3, -0.25) is 9.89 Å². The van der Waals surface area contributed by atoms with E-state index >= 15 is 0 Å². The highest BCUT2D eigenvalue weighted by molar-refractivity contribution is 5.74. The molecule has 1 aromatic rings. The molecule has 3 heteroatoms. The van der Waals surface area contributed by atoms with Crippen LogP contribution in [0.4, 0.5) is 0 Å². The van der Waals surface area contributed by atoms with Crippen molar-refractivity contribution in [1.82, 2.24) is 10.2 Å². The van der Waals surface area contributed by atoms with Gasteiger partial charge in [0.05, 0.1) is 0 Å². The van der Waals surface area contributed by atoms with Crippen molar-refractivity contribution in [3.63, 3.8) is 0 Å². The van der Waals surface area contributed by atoms with Crippen molar-refractivity contribution in [3.05, 3.63) is 17.0 Å². The van der Waals surface area contributed by atoms with Crippen molar-refractivity contribution in [1.29, 1.82) is 0 Å². The lowest BCUT2D eigenvalue weighted by Crippen LogP contribution is -2.27. The second-order valence-corrected chi connectivity index (χ2v) is 5.49. The van der Waals surface area contributed by atoms with Crippen LogP contribution in [0.25, 0.3) is 0 Å². The van der Waals surface area contributed by atoms with Crippen LogP contribution in [0.3, 0.4) is 0 Å². The molecule has 3 nitrogen and oxygen atoms in total. The standard InChI is InChI=1S/C12H18N2O/c1-12(2,3)8-4-5-10-9(6-8)11(7-15)14-13-10/h7-8H,4-6H2,1-3H3,(H,13,14)/t8-/m1/s1. The Hall–Kier alpha value is -1.12. The molecular formula is C12H18N2O. The summed E-state index contributed by atoms with van der Waals surface area (Å²) in [5.74, 6) is 0.654. The van der Waals surface area contributed by atoms with Gasteiger partial charge in [-0.05, 0) is 30.6 Å². The van der Waals surface area contributed by atoms with Crippen molar-refractivity contribution in [3.8, 4) is 0 Å². The fourth-order valence-electron chi connectivity index (χ4n) is 2.36. The van der Waals surface area contributed by atoms with Gasteiger partial charge >= 0.3 is 0 Å². The lowest BCUT2D eigenvalue weighted by atomic mass is 9.71. The summed E-state index contributed by atoms with van der Waals surface area (Å²) in [6.07, 6.45) is 4.07. The van der Waals surface area contributed by atoms with Crippen LogP contribution in [0, 0.1) is 11.3 Å². The van der Waals surface area contributed by atoms with Crippen molar-refractivity contribution >= 4 is 6.29 Å². The van der Waals surface area contributed by atoms with Crippen LogP contribution < -0.4 is 0 Å². The smallest absolute Gasteiger partial charge is 0.170 e. The average molecular weight is 206 g/mol. The molecule has 0 aromatic carbocycles. The minimum atomic E-state index is 0.315. The van der Waals surface area contributed by atoms with Crippen LogP contribution in [0.15, 0.2) is 0 Å². The Bertz CT molecular complexity index is 373.